The number of thiocarbonyl (C=S) groups is 1. The Bertz CT molecular complexity index is 89.0. The number of rotatable bonds is 4. The van der Waals surface area contributed by atoms with Crippen LogP contribution >= 0.6 is 12.2 Å². The van der Waals surface area contributed by atoms with Gasteiger partial charge >= 0.3 is 0 Å². The summed E-state index contributed by atoms with van der Waals surface area (Å²) in [5, 5.41) is 10.5. The van der Waals surface area contributed by atoms with E-state index < -0.39 is 6.10 Å². The van der Waals surface area contributed by atoms with Gasteiger partial charge in [-0.05, 0) is 11.8 Å². The van der Waals surface area contributed by atoms with Crippen molar-refractivity contribution in [2.75, 3.05) is 0 Å². The second-order valence-corrected chi connectivity index (χ2v) is 2.08. The van der Waals surface area contributed by atoms with Crippen LogP contribution in [0, 0.1) is 0 Å². The van der Waals surface area contributed by atoms with Crippen molar-refractivity contribution in [1.82, 2.24) is 5.43 Å². The van der Waals surface area contributed by atoms with Crippen molar-refractivity contribution in [2.24, 2.45) is 5.84 Å². The van der Waals surface area contributed by atoms with Crippen LogP contribution in [-0.2, 0) is 0 Å². The summed E-state index contributed by atoms with van der Waals surface area (Å²) >= 11 is 4.59. The number of nitrogens with one attached hydrogen (secondary N) is 1. The third-order valence-electron chi connectivity index (χ3n) is 1.17. The van der Waals surface area contributed by atoms with E-state index in [9.17, 15) is 0 Å². The summed E-state index contributed by atoms with van der Waals surface area (Å²) in [5.74, 6) is 5.05. The van der Waals surface area contributed by atoms with Gasteiger partial charge in [-0.15, -0.1) is 0 Å². The normalized spacial score (nSPS) is 16.8. The summed E-state index contributed by atoms with van der Waals surface area (Å²) < 4.78 is 0. The van der Waals surface area contributed by atoms with E-state index in [0.717, 1.165) is 0 Å². The lowest BCUT2D eigenvalue weighted by atomic mass is 10.1. The van der Waals surface area contributed by atoms with Gasteiger partial charge in [0.1, 0.15) is 0 Å². The van der Waals surface area contributed by atoms with Crippen LogP contribution in [0.4, 0.5) is 0 Å². The fourth-order valence-electron chi connectivity index (χ4n) is 0.495. The van der Waals surface area contributed by atoms with E-state index in [1.54, 1.807) is 0 Å². The fourth-order valence-corrected chi connectivity index (χ4v) is 0.755. The predicted molar refractivity (Wildman–Crippen MR) is 41.1 cm³/mol. The molecule has 0 fully saturated rings. The van der Waals surface area contributed by atoms with Gasteiger partial charge in [-0.3, -0.25) is 11.3 Å². The standard InChI is InChI=1S/C5H12N2OS/c1-2-5(8)4(3-9)7-6/h3-5,7-8H,2,6H2,1H3. The van der Waals surface area contributed by atoms with Gasteiger partial charge < -0.3 is 5.11 Å². The Balaban J connectivity index is 3.63. The highest BCUT2D eigenvalue weighted by Crippen LogP contribution is 1.93. The van der Waals surface area contributed by atoms with Crippen molar-refractivity contribution in [1.29, 1.82) is 0 Å². The van der Waals surface area contributed by atoms with Crippen molar-refractivity contribution in [3.63, 3.8) is 0 Å². The first-order chi connectivity index (χ1) is 4.26. The fraction of sp³-hybridized carbons (Fsp3) is 0.800. The van der Waals surface area contributed by atoms with E-state index in [4.69, 9.17) is 10.9 Å². The van der Waals surface area contributed by atoms with Crippen LogP contribution in [0.3, 0.4) is 0 Å². The van der Waals surface area contributed by atoms with Gasteiger partial charge in [-0.1, -0.05) is 19.1 Å². The summed E-state index contributed by atoms with van der Waals surface area (Å²) in [7, 11) is 0. The molecule has 0 aromatic carbocycles. The van der Waals surface area contributed by atoms with E-state index in [-0.39, 0.29) is 6.04 Å². The zero-order chi connectivity index (χ0) is 7.28. The third kappa shape index (κ3) is 2.86. The SMILES string of the molecule is CCC(O)C(C=S)NN. The highest BCUT2D eigenvalue weighted by molar-refractivity contribution is 7.79. The minimum atomic E-state index is -0.465. The van der Waals surface area contributed by atoms with Gasteiger partial charge in [-0.25, -0.2) is 0 Å². The Morgan fingerprint density at radius 1 is 1.89 bits per heavy atom. The summed E-state index contributed by atoms with van der Waals surface area (Å²) in [6.07, 6.45) is 0.189. The van der Waals surface area contributed by atoms with Crippen molar-refractivity contribution in [2.45, 2.75) is 25.5 Å². The molecule has 0 radical (unpaired) electrons. The second kappa shape index (κ2) is 4.81. The number of hydrazine groups is 1. The smallest absolute Gasteiger partial charge is 0.0751 e. The number of hydrogen-bond acceptors (Lipinski definition) is 4. The Kier molecular flexibility index (Phi) is 4.80. The molecule has 0 amide bonds. The van der Waals surface area contributed by atoms with Crippen molar-refractivity contribution >= 4 is 17.6 Å². The zero-order valence-electron chi connectivity index (χ0n) is 5.37. The van der Waals surface area contributed by atoms with Crippen LogP contribution in [0.25, 0.3) is 0 Å². The number of aliphatic hydroxyl groups is 1. The quantitative estimate of drug-likeness (QED) is 0.288. The lowest BCUT2D eigenvalue weighted by Gasteiger charge is -2.14. The molecular weight excluding hydrogens is 136 g/mol. The highest BCUT2D eigenvalue weighted by atomic mass is 32.1. The van der Waals surface area contributed by atoms with Crippen molar-refractivity contribution in [3.05, 3.63) is 0 Å². The lowest BCUT2D eigenvalue weighted by molar-refractivity contribution is 0.151. The lowest BCUT2D eigenvalue weighted by Crippen LogP contribution is -2.44. The molecule has 0 aromatic rings. The van der Waals surface area contributed by atoms with Crippen molar-refractivity contribution in [3.8, 4) is 0 Å². The molecule has 3 nitrogen and oxygen atoms in total. The minimum Gasteiger partial charge on any atom is -0.391 e. The molecule has 0 saturated heterocycles. The third-order valence-corrected chi connectivity index (χ3v) is 1.47. The summed E-state index contributed by atoms with van der Waals surface area (Å²) in [4.78, 5) is 0. The molecule has 4 N–H and O–H groups in total. The van der Waals surface area contributed by atoms with E-state index in [1.807, 2.05) is 6.92 Å². The Labute approximate surface area is 60.2 Å². The van der Waals surface area contributed by atoms with Gasteiger partial charge in [0.05, 0.1) is 12.1 Å². The molecule has 2 unspecified atom stereocenters. The molecule has 9 heavy (non-hydrogen) atoms. The zero-order valence-corrected chi connectivity index (χ0v) is 6.19. The molecule has 0 spiro atoms. The predicted octanol–water partition coefficient (Wildman–Crippen LogP) is -0.411. The molecule has 0 aliphatic heterocycles. The molecule has 0 heterocycles. The summed E-state index contributed by atoms with van der Waals surface area (Å²) in [6.45, 7) is 1.87. The van der Waals surface area contributed by atoms with Crippen LogP contribution in [0.1, 0.15) is 13.3 Å². The Morgan fingerprint density at radius 3 is 2.56 bits per heavy atom. The molecule has 0 rings (SSSR count). The molecule has 4 heteroatoms. The molecule has 0 bridgehead atoms. The maximum Gasteiger partial charge on any atom is 0.0751 e. The summed E-state index contributed by atoms with van der Waals surface area (Å²) in [6, 6.07) is -0.259. The largest absolute Gasteiger partial charge is 0.391 e. The minimum absolute atomic E-state index is 0.259. The van der Waals surface area contributed by atoms with E-state index in [1.165, 1.54) is 5.37 Å². The highest BCUT2D eigenvalue weighted by Gasteiger charge is 2.11. The number of nitrogens with two attached hydrogens (primary N) is 1. The first kappa shape index (κ1) is 8.97. The first-order valence-electron chi connectivity index (χ1n) is 2.85. The maximum absolute atomic E-state index is 9.08. The molecule has 0 aliphatic rings. The van der Waals surface area contributed by atoms with Crippen LogP contribution in [0.2, 0.25) is 0 Å². The van der Waals surface area contributed by atoms with Crippen molar-refractivity contribution < 1.29 is 5.11 Å². The van der Waals surface area contributed by atoms with Crippen LogP contribution in [-0.4, -0.2) is 22.6 Å². The maximum atomic E-state index is 9.08. The monoisotopic (exact) mass is 148 g/mol. The average molecular weight is 148 g/mol. The van der Waals surface area contributed by atoms with Crippen LogP contribution < -0.4 is 11.3 Å². The second-order valence-electron chi connectivity index (χ2n) is 1.80. The molecule has 0 saturated carbocycles. The van der Waals surface area contributed by atoms with Gasteiger partial charge in [0.15, 0.2) is 0 Å². The first-order valence-corrected chi connectivity index (χ1v) is 3.32. The Hall–Kier alpha value is -0.0300. The van der Waals surface area contributed by atoms with Gasteiger partial charge in [0.25, 0.3) is 0 Å². The van der Waals surface area contributed by atoms with E-state index in [2.05, 4.69) is 17.6 Å². The van der Waals surface area contributed by atoms with E-state index >= 15 is 0 Å². The topological polar surface area (TPSA) is 58.3 Å². The molecular formula is C5H12N2OS. The number of aliphatic hydroxyl groups excluding tert-OH is 1. The van der Waals surface area contributed by atoms with Crippen LogP contribution in [0.5, 0.6) is 0 Å². The van der Waals surface area contributed by atoms with Crippen LogP contribution in [0.15, 0.2) is 0 Å². The summed E-state index contributed by atoms with van der Waals surface area (Å²) in [5.41, 5.74) is 2.39. The molecule has 0 aliphatic carbocycles. The molecule has 54 valence electrons. The Morgan fingerprint density at radius 2 is 2.44 bits per heavy atom. The average Bonchev–Trinajstić information content (AvgIpc) is 1.90. The van der Waals surface area contributed by atoms with Gasteiger partial charge in [0.2, 0.25) is 0 Å². The molecule has 0 aromatic heterocycles. The number of hydrogen-bond donors (Lipinski definition) is 3. The van der Waals surface area contributed by atoms with Gasteiger partial charge in [0, 0.05) is 0 Å². The molecule has 2 atom stereocenters. The van der Waals surface area contributed by atoms with Gasteiger partial charge in [-0.2, -0.15) is 0 Å². The van der Waals surface area contributed by atoms with E-state index in [0.29, 0.717) is 6.42 Å².